The number of hydrogen-bond donors (Lipinski definition) is 1. The summed E-state index contributed by atoms with van der Waals surface area (Å²) < 4.78 is 9.70. The zero-order valence-corrected chi connectivity index (χ0v) is 11.6. The van der Waals surface area contributed by atoms with Gasteiger partial charge in [0.2, 0.25) is 0 Å². The van der Waals surface area contributed by atoms with Crippen LogP contribution in [0.2, 0.25) is 0 Å². The van der Waals surface area contributed by atoms with Crippen molar-refractivity contribution in [3.63, 3.8) is 0 Å². The van der Waals surface area contributed by atoms with E-state index in [-0.39, 0.29) is 0 Å². The van der Waals surface area contributed by atoms with Crippen LogP contribution in [-0.2, 0) is 14.3 Å². The van der Waals surface area contributed by atoms with Gasteiger partial charge in [0, 0.05) is 26.0 Å². The predicted octanol–water partition coefficient (Wildman–Crippen LogP) is 1.78. The zero-order valence-electron chi connectivity index (χ0n) is 11.6. The molecular formula is C15H21NO3. The van der Waals surface area contributed by atoms with E-state index < -0.39 is 5.97 Å². The van der Waals surface area contributed by atoms with E-state index in [4.69, 9.17) is 15.9 Å². The Morgan fingerprint density at radius 2 is 2.26 bits per heavy atom. The van der Waals surface area contributed by atoms with Gasteiger partial charge in [-0.1, -0.05) is 5.92 Å². The van der Waals surface area contributed by atoms with E-state index in [1.54, 1.807) is 7.11 Å². The van der Waals surface area contributed by atoms with Crippen LogP contribution in [0.3, 0.4) is 0 Å². The zero-order chi connectivity index (χ0) is 14.1. The molecule has 0 bridgehead atoms. The number of ether oxygens (including phenoxy) is 2. The van der Waals surface area contributed by atoms with Crippen LogP contribution >= 0.6 is 0 Å². The Labute approximate surface area is 114 Å². The minimum atomic E-state index is -0.436. The maximum Gasteiger partial charge on any atom is 0.346 e. The monoisotopic (exact) mass is 263 g/mol. The first-order valence-electron chi connectivity index (χ1n) is 6.44. The number of rotatable bonds is 6. The second-order valence-corrected chi connectivity index (χ2v) is 4.33. The highest BCUT2D eigenvalue weighted by molar-refractivity contribution is 5.94. The maximum absolute atomic E-state index is 11.6. The molecule has 1 N–H and O–H groups in total. The first kappa shape index (κ1) is 15.3. The average molecular weight is 263 g/mol. The lowest BCUT2D eigenvalue weighted by atomic mass is 9.95. The molecule has 0 atom stereocenters. The third kappa shape index (κ3) is 4.80. The van der Waals surface area contributed by atoms with Gasteiger partial charge in [0.05, 0.1) is 7.11 Å². The first-order chi connectivity index (χ1) is 9.22. The Morgan fingerprint density at radius 1 is 1.47 bits per heavy atom. The van der Waals surface area contributed by atoms with Crippen molar-refractivity contribution >= 4 is 5.97 Å². The Kier molecular flexibility index (Phi) is 6.76. The molecule has 0 saturated carbocycles. The molecule has 1 rings (SSSR count). The second kappa shape index (κ2) is 8.39. The van der Waals surface area contributed by atoms with E-state index in [1.165, 1.54) is 7.11 Å². The molecule has 1 aliphatic rings. The molecule has 0 fully saturated rings. The van der Waals surface area contributed by atoms with Crippen molar-refractivity contribution in [2.45, 2.75) is 25.7 Å². The van der Waals surface area contributed by atoms with Crippen molar-refractivity contribution < 1.29 is 14.3 Å². The standard InChI is InChI=1S/C15H21NO3/c1-4-14(15(17)19-3)12-7-5-8-13(11-12)16-9-6-10-18-2/h1,11,16H,5-10H2,2-3H3/b14-12-. The summed E-state index contributed by atoms with van der Waals surface area (Å²) in [6.45, 7) is 1.59. The van der Waals surface area contributed by atoms with Gasteiger partial charge in [0.25, 0.3) is 0 Å². The largest absolute Gasteiger partial charge is 0.465 e. The number of hydrogen-bond acceptors (Lipinski definition) is 4. The fourth-order valence-electron chi connectivity index (χ4n) is 2.01. The van der Waals surface area contributed by atoms with Crippen molar-refractivity contribution in [1.82, 2.24) is 5.32 Å². The summed E-state index contributed by atoms with van der Waals surface area (Å²) in [6, 6.07) is 0. The molecule has 0 aromatic carbocycles. The number of terminal acetylenes is 1. The van der Waals surface area contributed by atoms with E-state index >= 15 is 0 Å². The van der Waals surface area contributed by atoms with Crippen molar-refractivity contribution in [2.24, 2.45) is 0 Å². The van der Waals surface area contributed by atoms with Gasteiger partial charge in [-0.05, 0) is 37.3 Å². The predicted molar refractivity (Wildman–Crippen MR) is 74.3 cm³/mol. The summed E-state index contributed by atoms with van der Waals surface area (Å²) >= 11 is 0. The maximum atomic E-state index is 11.6. The second-order valence-electron chi connectivity index (χ2n) is 4.33. The van der Waals surface area contributed by atoms with Gasteiger partial charge >= 0.3 is 5.97 Å². The van der Waals surface area contributed by atoms with Gasteiger partial charge in [-0.3, -0.25) is 0 Å². The molecule has 0 saturated heterocycles. The van der Waals surface area contributed by atoms with E-state index in [1.807, 2.05) is 6.08 Å². The third-order valence-corrected chi connectivity index (χ3v) is 2.97. The average Bonchev–Trinajstić information content (AvgIpc) is 2.44. The molecule has 104 valence electrons. The number of esters is 1. The molecule has 4 heteroatoms. The van der Waals surface area contributed by atoms with Gasteiger partial charge in [0.1, 0.15) is 5.57 Å². The minimum Gasteiger partial charge on any atom is -0.465 e. The van der Waals surface area contributed by atoms with Crippen LogP contribution in [0.4, 0.5) is 0 Å². The minimum absolute atomic E-state index is 0.332. The molecule has 19 heavy (non-hydrogen) atoms. The molecule has 0 heterocycles. The Bertz CT molecular complexity index is 416. The third-order valence-electron chi connectivity index (χ3n) is 2.97. The summed E-state index contributed by atoms with van der Waals surface area (Å²) in [6.07, 6.45) is 11.1. The highest BCUT2D eigenvalue weighted by atomic mass is 16.5. The van der Waals surface area contributed by atoms with Gasteiger partial charge in [0.15, 0.2) is 0 Å². The molecule has 0 unspecified atom stereocenters. The molecule has 0 spiro atoms. The van der Waals surface area contributed by atoms with E-state index in [2.05, 4.69) is 11.2 Å². The highest BCUT2D eigenvalue weighted by Crippen LogP contribution is 2.23. The van der Waals surface area contributed by atoms with Gasteiger partial charge in [-0.15, -0.1) is 6.42 Å². The molecule has 0 aromatic rings. The Morgan fingerprint density at radius 3 is 2.89 bits per heavy atom. The molecule has 0 radical (unpaired) electrons. The molecule has 0 aliphatic heterocycles. The normalized spacial score (nSPS) is 17.2. The smallest absolute Gasteiger partial charge is 0.346 e. The molecule has 0 aromatic heterocycles. The number of methoxy groups -OCH3 is 2. The first-order valence-corrected chi connectivity index (χ1v) is 6.44. The van der Waals surface area contributed by atoms with Gasteiger partial charge in [-0.2, -0.15) is 0 Å². The summed E-state index contributed by atoms with van der Waals surface area (Å²) in [5.74, 6) is 2.00. The van der Waals surface area contributed by atoms with Crippen molar-refractivity contribution in [2.75, 3.05) is 27.4 Å². The van der Waals surface area contributed by atoms with Crippen LogP contribution in [0.15, 0.2) is 22.9 Å². The summed E-state index contributed by atoms with van der Waals surface area (Å²) in [5, 5.41) is 3.35. The lowest BCUT2D eigenvalue weighted by Crippen LogP contribution is -2.19. The van der Waals surface area contributed by atoms with Crippen LogP contribution in [-0.4, -0.2) is 33.3 Å². The van der Waals surface area contributed by atoms with Gasteiger partial charge in [-0.25, -0.2) is 4.79 Å². The fraction of sp³-hybridized carbons (Fsp3) is 0.533. The summed E-state index contributed by atoms with van der Waals surface area (Å²) in [4.78, 5) is 11.6. The van der Waals surface area contributed by atoms with E-state index in [0.29, 0.717) is 5.57 Å². The fourth-order valence-corrected chi connectivity index (χ4v) is 2.01. The van der Waals surface area contributed by atoms with Gasteiger partial charge < -0.3 is 14.8 Å². The van der Waals surface area contributed by atoms with Crippen LogP contribution in [0.25, 0.3) is 0 Å². The highest BCUT2D eigenvalue weighted by Gasteiger charge is 2.16. The van der Waals surface area contributed by atoms with Crippen molar-refractivity contribution in [1.29, 1.82) is 0 Å². The van der Waals surface area contributed by atoms with E-state index in [9.17, 15) is 4.79 Å². The lowest BCUT2D eigenvalue weighted by Gasteiger charge is -2.18. The Hall–Kier alpha value is -1.73. The lowest BCUT2D eigenvalue weighted by molar-refractivity contribution is -0.135. The van der Waals surface area contributed by atoms with Crippen LogP contribution in [0.5, 0.6) is 0 Å². The number of allylic oxidation sites excluding steroid dienone is 3. The topological polar surface area (TPSA) is 47.6 Å². The van der Waals surface area contributed by atoms with E-state index in [0.717, 1.165) is 50.1 Å². The quantitative estimate of drug-likeness (QED) is 0.343. The van der Waals surface area contributed by atoms with Crippen molar-refractivity contribution in [3.8, 4) is 12.3 Å². The Balaban J connectivity index is 2.72. The number of nitrogens with one attached hydrogen (secondary N) is 1. The van der Waals surface area contributed by atoms with Crippen LogP contribution in [0, 0.1) is 12.3 Å². The van der Waals surface area contributed by atoms with Crippen LogP contribution < -0.4 is 5.32 Å². The molecule has 1 aliphatic carbocycles. The number of carbonyl (C=O) groups excluding carboxylic acids is 1. The van der Waals surface area contributed by atoms with Crippen LogP contribution in [0.1, 0.15) is 25.7 Å². The molecule has 4 nitrogen and oxygen atoms in total. The molecule has 0 amide bonds. The summed E-state index contributed by atoms with van der Waals surface area (Å²) in [7, 11) is 3.03. The number of carbonyl (C=O) groups is 1. The van der Waals surface area contributed by atoms with Crippen molar-refractivity contribution in [3.05, 3.63) is 22.9 Å². The molecular weight excluding hydrogens is 242 g/mol. The SMILES string of the molecule is C#C/C(C(=O)OC)=C1/C=C(NCCCOC)CCC1. The summed E-state index contributed by atoms with van der Waals surface area (Å²) in [5.41, 5.74) is 2.34.